The Kier molecular flexibility index (Phi) is 4.79. The lowest BCUT2D eigenvalue weighted by Gasteiger charge is -2.00. The number of aromatic amines is 1. The van der Waals surface area contributed by atoms with Gasteiger partial charge >= 0.3 is 6.18 Å². The van der Waals surface area contributed by atoms with Gasteiger partial charge in [-0.2, -0.15) is 23.1 Å². The molecule has 0 atom stereocenters. The lowest BCUT2D eigenvalue weighted by atomic mass is 10.2. The third-order valence-corrected chi connectivity index (χ3v) is 3.88. The number of nitrogens with one attached hydrogen (secondary N) is 2. The molecule has 3 aromatic heterocycles. The SMILES string of the molecule is O=C(CCCc1nc(-c2cccs2)no1)Nc1n[nH]c(C(F)(F)F)n1. The van der Waals surface area contributed by atoms with Gasteiger partial charge in [0.25, 0.3) is 0 Å². The summed E-state index contributed by atoms with van der Waals surface area (Å²) in [6.07, 6.45) is -3.84. The topological polar surface area (TPSA) is 110 Å². The zero-order valence-electron chi connectivity index (χ0n) is 12.5. The van der Waals surface area contributed by atoms with Crippen molar-refractivity contribution in [2.45, 2.75) is 25.4 Å². The molecule has 0 aliphatic carbocycles. The molecule has 0 aromatic carbocycles. The molecule has 25 heavy (non-hydrogen) atoms. The van der Waals surface area contributed by atoms with Gasteiger partial charge in [0.1, 0.15) is 0 Å². The first-order valence-electron chi connectivity index (χ1n) is 7.08. The van der Waals surface area contributed by atoms with Crippen molar-refractivity contribution in [2.24, 2.45) is 0 Å². The molecule has 0 aliphatic heterocycles. The highest BCUT2D eigenvalue weighted by Gasteiger charge is 2.35. The van der Waals surface area contributed by atoms with Crippen LogP contribution in [0.25, 0.3) is 10.7 Å². The van der Waals surface area contributed by atoms with Crippen molar-refractivity contribution >= 4 is 23.2 Å². The van der Waals surface area contributed by atoms with Gasteiger partial charge in [0.05, 0.1) is 4.88 Å². The van der Waals surface area contributed by atoms with Crippen molar-refractivity contribution in [1.29, 1.82) is 0 Å². The summed E-state index contributed by atoms with van der Waals surface area (Å²) in [5.41, 5.74) is 0. The summed E-state index contributed by atoms with van der Waals surface area (Å²) in [7, 11) is 0. The van der Waals surface area contributed by atoms with Gasteiger partial charge < -0.3 is 4.52 Å². The summed E-state index contributed by atoms with van der Waals surface area (Å²) >= 11 is 1.48. The Morgan fingerprint density at radius 1 is 1.36 bits per heavy atom. The molecule has 2 N–H and O–H groups in total. The number of hydrogen-bond acceptors (Lipinski definition) is 7. The smallest absolute Gasteiger partial charge is 0.339 e. The molecule has 1 amide bonds. The monoisotopic (exact) mass is 372 g/mol. The van der Waals surface area contributed by atoms with E-state index in [0.29, 0.717) is 24.6 Å². The molecule has 8 nitrogen and oxygen atoms in total. The number of nitrogens with zero attached hydrogens (tertiary/aromatic N) is 4. The molecule has 0 bridgehead atoms. The maximum Gasteiger partial charge on any atom is 0.451 e. The summed E-state index contributed by atoms with van der Waals surface area (Å²) in [5, 5.41) is 12.9. The van der Waals surface area contributed by atoms with Crippen LogP contribution in [0.1, 0.15) is 24.6 Å². The van der Waals surface area contributed by atoms with Crippen LogP contribution >= 0.6 is 11.3 Å². The highest BCUT2D eigenvalue weighted by Crippen LogP contribution is 2.26. The zero-order chi connectivity index (χ0) is 17.9. The molecule has 3 heterocycles. The van der Waals surface area contributed by atoms with Crippen molar-refractivity contribution in [3.63, 3.8) is 0 Å². The van der Waals surface area contributed by atoms with E-state index < -0.39 is 23.9 Å². The normalized spacial score (nSPS) is 11.6. The van der Waals surface area contributed by atoms with E-state index in [1.807, 2.05) is 17.5 Å². The number of carbonyl (C=O) groups excluding carboxylic acids is 1. The number of amides is 1. The van der Waals surface area contributed by atoms with Crippen LogP contribution in [0.5, 0.6) is 0 Å². The molecule has 3 rings (SSSR count). The Morgan fingerprint density at radius 2 is 2.20 bits per heavy atom. The van der Waals surface area contributed by atoms with Crippen LogP contribution in [0.3, 0.4) is 0 Å². The van der Waals surface area contributed by atoms with Crippen molar-refractivity contribution < 1.29 is 22.5 Å². The Morgan fingerprint density at radius 3 is 2.88 bits per heavy atom. The number of halogens is 3. The van der Waals surface area contributed by atoms with Crippen molar-refractivity contribution in [2.75, 3.05) is 5.32 Å². The second-order valence-electron chi connectivity index (χ2n) is 4.90. The van der Waals surface area contributed by atoms with Gasteiger partial charge in [-0.05, 0) is 17.9 Å². The van der Waals surface area contributed by atoms with E-state index in [2.05, 4.69) is 25.5 Å². The van der Waals surface area contributed by atoms with Crippen molar-refractivity contribution in [3.05, 3.63) is 29.2 Å². The third-order valence-electron chi connectivity index (χ3n) is 3.01. The standard InChI is InChI=1S/C13H11F3N6O2S/c14-13(15,16)11-19-12(21-20-11)17-8(23)4-1-5-9-18-10(22-24-9)7-3-2-6-25-7/h2-3,6H,1,4-5H2,(H2,17,19,20,21,23). The van der Waals surface area contributed by atoms with Gasteiger partial charge in [-0.15, -0.1) is 16.4 Å². The highest BCUT2D eigenvalue weighted by atomic mass is 32.1. The lowest BCUT2D eigenvalue weighted by Crippen LogP contribution is -2.13. The van der Waals surface area contributed by atoms with Crippen LogP contribution in [-0.2, 0) is 17.4 Å². The van der Waals surface area contributed by atoms with Crippen molar-refractivity contribution in [3.8, 4) is 10.7 Å². The fourth-order valence-corrected chi connectivity index (χ4v) is 2.54. The van der Waals surface area contributed by atoms with Gasteiger partial charge in [0.2, 0.25) is 29.4 Å². The second kappa shape index (κ2) is 7.01. The third kappa shape index (κ3) is 4.41. The van der Waals surface area contributed by atoms with Crippen LogP contribution < -0.4 is 5.32 Å². The summed E-state index contributed by atoms with van der Waals surface area (Å²) in [4.78, 5) is 19.9. The van der Waals surface area contributed by atoms with Crippen LogP contribution in [0.4, 0.5) is 19.1 Å². The summed E-state index contributed by atoms with van der Waals surface area (Å²) in [6, 6.07) is 3.73. The van der Waals surface area contributed by atoms with E-state index in [1.165, 1.54) is 11.3 Å². The molecule has 0 fully saturated rings. The highest BCUT2D eigenvalue weighted by molar-refractivity contribution is 7.13. The molecule has 0 radical (unpaired) electrons. The Bertz CT molecular complexity index is 842. The minimum atomic E-state index is -4.64. The fourth-order valence-electron chi connectivity index (χ4n) is 1.89. The average molecular weight is 372 g/mol. The van der Waals surface area contributed by atoms with Crippen LogP contribution in [-0.4, -0.2) is 31.2 Å². The number of aryl methyl sites for hydroxylation is 1. The number of anilines is 1. The minimum Gasteiger partial charge on any atom is -0.339 e. The number of H-pyrrole nitrogens is 1. The molecule has 0 unspecified atom stereocenters. The Balaban J connectivity index is 1.46. The molecule has 132 valence electrons. The van der Waals surface area contributed by atoms with Gasteiger partial charge in [-0.3, -0.25) is 15.2 Å². The van der Waals surface area contributed by atoms with Gasteiger partial charge in [0.15, 0.2) is 0 Å². The number of rotatable bonds is 6. The van der Waals surface area contributed by atoms with E-state index >= 15 is 0 Å². The predicted molar refractivity (Wildman–Crippen MR) is 80.6 cm³/mol. The summed E-state index contributed by atoms with van der Waals surface area (Å²) in [6.45, 7) is 0. The second-order valence-corrected chi connectivity index (χ2v) is 5.84. The van der Waals surface area contributed by atoms with Gasteiger partial charge in [0, 0.05) is 12.8 Å². The summed E-state index contributed by atoms with van der Waals surface area (Å²) in [5.74, 6) is -1.33. The fraction of sp³-hybridized carbons (Fsp3) is 0.308. The first-order chi connectivity index (χ1) is 11.9. The number of thiophene rings is 1. The van der Waals surface area contributed by atoms with Gasteiger partial charge in [-0.25, -0.2) is 0 Å². The van der Waals surface area contributed by atoms with E-state index in [0.717, 1.165) is 4.88 Å². The maximum atomic E-state index is 12.4. The average Bonchev–Trinajstić information content (AvgIpc) is 3.27. The molecule has 0 saturated carbocycles. The molecule has 12 heteroatoms. The molecular formula is C13H11F3N6O2S. The van der Waals surface area contributed by atoms with E-state index in [4.69, 9.17) is 4.52 Å². The largest absolute Gasteiger partial charge is 0.451 e. The molecule has 0 aliphatic rings. The van der Waals surface area contributed by atoms with E-state index in [-0.39, 0.29) is 6.42 Å². The first-order valence-corrected chi connectivity index (χ1v) is 7.95. The molecule has 3 aromatic rings. The number of aromatic nitrogens is 5. The lowest BCUT2D eigenvalue weighted by molar-refractivity contribution is -0.144. The first kappa shape index (κ1) is 17.1. The number of hydrogen-bond donors (Lipinski definition) is 2. The van der Waals surface area contributed by atoms with Crippen LogP contribution in [0.15, 0.2) is 22.0 Å². The number of carbonyl (C=O) groups is 1. The van der Waals surface area contributed by atoms with Crippen molar-refractivity contribution in [1.82, 2.24) is 25.3 Å². The Labute approximate surface area is 142 Å². The van der Waals surface area contributed by atoms with Gasteiger partial charge in [-0.1, -0.05) is 11.2 Å². The predicted octanol–water partition coefficient (Wildman–Crippen LogP) is 2.90. The quantitative estimate of drug-likeness (QED) is 0.688. The van der Waals surface area contributed by atoms with E-state index in [1.54, 1.807) is 5.10 Å². The van der Waals surface area contributed by atoms with Crippen LogP contribution in [0.2, 0.25) is 0 Å². The van der Waals surface area contributed by atoms with Crippen LogP contribution in [0, 0.1) is 0 Å². The summed E-state index contributed by atoms with van der Waals surface area (Å²) < 4.78 is 42.2. The molecule has 0 saturated heterocycles. The molecular weight excluding hydrogens is 361 g/mol. The zero-order valence-corrected chi connectivity index (χ0v) is 13.3. The van der Waals surface area contributed by atoms with E-state index in [9.17, 15) is 18.0 Å². The molecule has 0 spiro atoms. The maximum absolute atomic E-state index is 12.4. The Hall–Kier alpha value is -2.76. The minimum absolute atomic E-state index is 0.0482. The number of alkyl halides is 3.